The summed E-state index contributed by atoms with van der Waals surface area (Å²) in [6, 6.07) is 21.5. The van der Waals surface area contributed by atoms with Gasteiger partial charge < -0.3 is 10.1 Å². The summed E-state index contributed by atoms with van der Waals surface area (Å²) in [6.45, 7) is 3.20. The molecule has 0 fully saturated rings. The summed E-state index contributed by atoms with van der Waals surface area (Å²) >= 11 is 17.5. The van der Waals surface area contributed by atoms with Crippen molar-refractivity contribution >= 4 is 40.4 Å². The van der Waals surface area contributed by atoms with Crippen LogP contribution >= 0.6 is 35.4 Å². The predicted molar refractivity (Wildman–Crippen MR) is 117 cm³/mol. The Kier molecular flexibility index (Phi) is 6.73. The van der Waals surface area contributed by atoms with E-state index in [2.05, 4.69) is 24.4 Å². The van der Waals surface area contributed by atoms with Crippen molar-refractivity contribution in [3.63, 3.8) is 0 Å². The lowest BCUT2D eigenvalue weighted by molar-refractivity contribution is 0.306. The molecule has 0 saturated carbocycles. The van der Waals surface area contributed by atoms with Crippen molar-refractivity contribution in [3.8, 4) is 5.75 Å². The van der Waals surface area contributed by atoms with Gasteiger partial charge in [0.2, 0.25) is 0 Å². The van der Waals surface area contributed by atoms with E-state index in [0.717, 1.165) is 16.9 Å². The molecule has 0 unspecified atom stereocenters. The van der Waals surface area contributed by atoms with E-state index < -0.39 is 0 Å². The third-order valence-electron chi connectivity index (χ3n) is 4.19. The summed E-state index contributed by atoms with van der Waals surface area (Å²) in [6.07, 6.45) is 0. The summed E-state index contributed by atoms with van der Waals surface area (Å²) < 4.78 is 5.87. The number of benzene rings is 3. The van der Waals surface area contributed by atoms with E-state index in [1.165, 1.54) is 11.1 Å². The highest BCUT2D eigenvalue weighted by Gasteiger charge is 2.05. The molecule has 0 aliphatic carbocycles. The van der Waals surface area contributed by atoms with Crippen LogP contribution in [0, 0.1) is 6.92 Å². The molecule has 3 rings (SSSR count). The highest BCUT2D eigenvalue weighted by Crippen LogP contribution is 2.23. The second kappa shape index (κ2) is 9.23. The van der Waals surface area contributed by atoms with Gasteiger partial charge in [0.25, 0.3) is 0 Å². The maximum Gasteiger partial charge on any atom is 0.120 e. The van der Waals surface area contributed by atoms with E-state index in [1.54, 1.807) is 6.07 Å². The Hall–Kier alpha value is -2.07. The Bertz CT molecular complexity index is 959. The van der Waals surface area contributed by atoms with E-state index in [1.807, 2.05) is 48.5 Å². The average molecular weight is 416 g/mol. The Morgan fingerprint density at radius 1 is 0.963 bits per heavy atom. The van der Waals surface area contributed by atoms with Gasteiger partial charge in [-0.05, 0) is 47.9 Å². The largest absolute Gasteiger partial charge is 0.489 e. The highest BCUT2D eigenvalue weighted by atomic mass is 35.5. The second-order valence-corrected chi connectivity index (χ2v) is 7.40. The summed E-state index contributed by atoms with van der Waals surface area (Å²) in [5.74, 6) is 0.749. The van der Waals surface area contributed by atoms with Crippen LogP contribution in [0.2, 0.25) is 10.0 Å². The SMILES string of the molecule is Cc1ccccc1CNC(=S)c1cccc(OCc2ccc(Cl)c(Cl)c2)c1. The van der Waals surface area contributed by atoms with Gasteiger partial charge in [0.05, 0.1) is 10.0 Å². The topological polar surface area (TPSA) is 21.3 Å². The van der Waals surface area contributed by atoms with Gasteiger partial charge in [-0.25, -0.2) is 0 Å². The molecule has 0 atom stereocenters. The minimum atomic E-state index is 0.406. The highest BCUT2D eigenvalue weighted by molar-refractivity contribution is 7.80. The zero-order valence-electron chi connectivity index (χ0n) is 14.8. The second-order valence-electron chi connectivity index (χ2n) is 6.17. The number of ether oxygens (including phenoxy) is 1. The first-order valence-electron chi connectivity index (χ1n) is 8.52. The molecule has 3 aromatic rings. The fourth-order valence-electron chi connectivity index (χ4n) is 2.61. The summed E-state index contributed by atoms with van der Waals surface area (Å²) in [7, 11) is 0. The molecule has 0 aliphatic rings. The van der Waals surface area contributed by atoms with Crippen molar-refractivity contribution in [2.75, 3.05) is 0 Å². The zero-order chi connectivity index (χ0) is 19.2. The lowest BCUT2D eigenvalue weighted by atomic mass is 10.1. The first-order chi connectivity index (χ1) is 13.0. The van der Waals surface area contributed by atoms with Gasteiger partial charge in [0.1, 0.15) is 17.3 Å². The molecule has 0 radical (unpaired) electrons. The fourth-order valence-corrected chi connectivity index (χ4v) is 3.13. The van der Waals surface area contributed by atoms with Crippen LogP contribution in [0.15, 0.2) is 66.7 Å². The Morgan fingerprint density at radius 2 is 1.78 bits per heavy atom. The molecule has 2 nitrogen and oxygen atoms in total. The predicted octanol–water partition coefficient (Wildman–Crippen LogP) is 6.35. The monoisotopic (exact) mass is 415 g/mol. The third kappa shape index (κ3) is 5.46. The molecule has 0 aromatic heterocycles. The van der Waals surface area contributed by atoms with Gasteiger partial charge in [-0.3, -0.25) is 0 Å². The maximum absolute atomic E-state index is 6.05. The molecular weight excluding hydrogens is 397 g/mol. The van der Waals surface area contributed by atoms with Gasteiger partial charge in [0, 0.05) is 12.1 Å². The minimum absolute atomic E-state index is 0.406. The molecule has 0 saturated heterocycles. The van der Waals surface area contributed by atoms with E-state index in [4.69, 9.17) is 40.2 Å². The van der Waals surface area contributed by atoms with Crippen LogP contribution in [-0.2, 0) is 13.2 Å². The molecular formula is C22H19Cl2NOS. The van der Waals surface area contributed by atoms with Crippen LogP contribution in [0.1, 0.15) is 22.3 Å². The number of thiocarbonyl (C=S) groups is 1. The van der Waals surface area contributed by atoms with Gasteiger partial charge in [-0.1, -0.05) is 77.9 Å². The maximum atomic E-state index is 6.05. The molecule has 27 heavy (non-hydrogen) atoms. The Morgan fingerprint density at radius 3 is 2.56 bits per heavy atom. The fraction of sp³-hybridized carbons (Fsp3) is 0.136. The smallest absolute Gasteiger partial charge is 0.120 e. The van der Waals surface area contributed by atoms with Crippen molar-refractivity contribution in [2.24, 2.45) is 0 Å². The third-order valence-corrected chi connectivity index (χ3v) is 5.31. The molecule has 5 heteroatoms. The zero-order valence-corrected chi connectivity index (χ0v) is 17.2. The quantitative estimate of drug-likeness (QED) is 0.474. The minimum Gasteiger partial charge on any atom is -0.489 e. The van der Waals surface area contributed by atoms with Gasteiger partial charge in [-0.2, -0.15) is 0 Å². The van der Waals surface area contributed by atoms with E-state index >= 15 is 0 Å². The Labute approximate surface area is 175 Å². The molecule has 3 aromatic carbocycles. The molecule has 0 aliphatic heterocycles. The number of hydrogen-bond acceptors (Lipinski definition) is 2. The van der Waals surface area contributed by atoms with Crippen molar-refractivity contribution in [1.29, 1.82) is 0 Å². The first kappa shape index (κ1) is 19.7. The number of halogens is 2. The lowest BCUT2D eigenvalue weighted by Crippen LogP contribution is -2.22. The molecule has 0 spiro atoms. The van der Waals surface area contributed by atoms with Gasteiger partial charge in [0.15, 0.2) is 0 Å². The van der Waals surface area contributed by atoms with Gasteiger partial charge in [-0.15, -0.1) is 0 Å². The van der Waals surface area contributed by atoms with Crippen LogP contribution in [-0.4, -0.2) is 4.99 Å². The molecule has 0 heterocycles. The van der Waals surface area contributed by atoms with Crippen molar-refractivity contribution < 1.29 is 4.74 Å². The van der Waals surface area contributed by atoms with E-state index in [0.29, 0.717) is 28.2 Å². The van der Waals surface area contributed by atoms with Crippen LogP contribution in [0.5, 0.6) is 5.75 Å². The molecule has 138 valence electrons. The average Bonchev–Trinajstić information content (AvgIpc) is 2.68. The summed E-state index contributed by atoms with van der Waals surface area (Å²) in [5, 5.41) is 4.37. The van der Waals surface area contributed by atoms with Crippen LogP contribution in [0.4, 0.5) is 0 Å². The number of hydrogen-bond donors (Lipinski definition) is 1. The lowest BCUT2D eigenvalue weighted by Gasteiger charge is -2.12. The van der Waals surface area contributed by atoms with Crippen molar-refractivity contribution in [1.82, 2.24) is 5.32 Å². The molecule has 1 N–H and O–H groups in total. The van der Waals surface area contributed by atoms with E-state index in [-0.39, 0.29) is 0 Å². The number of nitrogens with one attached hydrogen (secondary N) is 1. The summed E-state index contributed by atoms with van der Waals surface area (Å²) in [4.78, 5) is 0.693. The van der Waals surface area contributed by atoms with E-state index in [9.17, 15) is 0 Å². The standard InChI is InChI=1S/C22H19Cl2NOS/c1-15-5-2-3-6-18(15)13-25-22(27)17-7-4-8-19(12-17)26-14-16-9-10-20(23)21(24)11-16/h2-12H,13-14H2,1H3,(H,25,27). The first-order valence-corrected chi connectivity index (χ1v) is 9.69. The van der Waals surface area contributed by atoms with Crippen LogP contribution in [0.3, 0.4) is 0 Å². The Balaban J connectivity index is 1.61. The van der Waals surface area contributed by atoms with Crippen LogP contribution in [0.25, 0.3) is 0 Å². The molecule has 0 amide bonds. The number of rotatable bonds is 6. The molecule has 0 bridgehead atoms. The summed E-state index contributed by atoms with van der Waals surface area (Å²) in [5.41, 5.74) is 4.35. The number of aryl methyl sites for hydroxylation is 1. The van der Waals surface area contributed by atoms with Gasteiger partial charge >= 0.3 is 0 Å². The van der Waals surface area contributed by atoms with Crippen LogP contribution < -0.4 is 10.1 Å². The van der Waals surface area contributed by atoms with Crippen molar-refractivity contribution in [3.05, 3.63) is 99.0 Å². The van der Waals surface area contributed by atoms with Crippen molar-refractivity contribution in [2.45, 2.75) is 20.1 Å². The normalized spacial score (nSPS) is 10.5.